The van der Waals surface area contributed by atoms with Gasteiger partial charge in [-0.25, -0.2) is 0 Å². The normalized spacial score (nSPS) is 12.4. The minimum atomic E-state index is -4.13. The van der Waals surface area contributed by atoms with Crippen molar-refractivity contribution in [2.75, 3.05) is 18.4 Å². The van der Waals surface area contributed by atoms with Gasteiger partial charge in [0.15, 0.2) is 0 Å². The first-order valence-corrected chi connectivity index (χ1v) is 7.31. The standard InChI is InChI=1S/C11H15BrF3NS/c1-2-9-3-4-10(17-9)7-16(6-5-12)8-11(13,14)15/h3-4H,2,5-8H2,1H3. The number of hydrogen-bond acceptors (Lipinski definition) is 2. The van der Waals surface area contributed by atoms with Crippen molar-refractivity contribution in [2.45, 2.75) is 26.1 Å². The molecule has 0 fully saturated rings. The van der Waals surface area contributed by atoms with Gasteiger partial charge in [0.25, 0.3) is 0 Å². The quantitative estimate of drug-likeness (QED) is 0.711. The lowest BCUT2D eigenvalue weighted by molar-refractivity contribution is -0.146. The van der Waals surface area contributed by atoms with Crippen molar-refractivity contribution >= 4 is 27.3 Å². The predicted molar refractivity (Wildman–Crippen MR) is 68.8 cm³/mol. The van der Waals surface area contributed by atoms with Crippen LogP contribution in [0.4, 0.5) is 13.2 Å². The monoisotopic (exact) mass is 329 g/mol. The maximum atomic E-state index is 12.3. The summed E-state index contributed by atoms with van der Waals surface area (Å²) in [6, 6.07) is 3.90. The number of thiophene rings is 1. The Kier molecular flexibility index (Phi) is 5.95. The van der Waals surface area contributed by atoms with Crippen LogP contribution in [0, 0.1) is 0 Å². The molecule has 1 aromatic rings. The van der Waals surface area contributed by atoms with E-state index in [4.69, 9.17) is 0 Å². The van der Waals surface area contributed by atoms with E-state index in [1.807, 2.05) is 19.1 Å². The van der Waals surface area contributed by atoms with Crippen molar-refractivity contribution in [3.8, 4) is 0 Å². The summed E-state index contributed by atoms with van der Waals surface area (Å²) in [5.74, 6) is 0. The van der Waals surface area contributed by atoms with Crippen LogP contribution >= 0.6 is 27.3 Å². The Balaban J connectivity index is 2.59. The van der Waals surface area contributed by atoms with Crippen LogP contribution in [-0.2, 0) is 13.0 Å². The van der Waals surface area contributed by atoms with Crippen molar-refractivity contribution < 1.29 is 13.2 Å². The SMILES string of the molecule is CCc1ccc(CN(CCBr)CC(F)(F)F)s1. The number of alkyl halides is 4. The van der Waals surface area contributed by atoms with E-state index in [9.17, 15) is 13.2 Å². The minimum absolute atomic E-state index is 0.371. The van der Waals surface area contributed by atoms with Crippen molar-refractivity contribution in [3.63, 3.8) is 0 Å². The van der Waals surface area contributed by atoms with Gasteiger partial charge in [-0.2, -0.15) is 13.2 Å². The Morgan fingerprint density at radius 1 is 1.29 bits per heavy atom. The van der Waals surface area contributed by atoms with E-state index in [1.165, 1.54) is 9.78 Å². The van der Waals surface area contributed by atoms with E-state index in [1.54, 1.807) is 11.3 Å². The van der Waals surface area contributed by atoms with Crippen LogP contribution < -0.4 is 0 Å². The smallest absolute Gasteiger partial charge is 0.289 e. The van der Waals surface area contributed by atoms with Crippen molar-refractivity contribution in [3.05, 3.63) is 21.9 Å². The third-order valence-electron chi connectivity index (χ3n) is 2.25. The molecule has 0 atom stereocenters. The molecule has 0 aromatic carbocycles. The van der Waals surface area contributed by atoms with E-state index in [0.717, 1.165) is 11.3 Å². The van der Waals surface area contributed by atoms with Crippen LogP contribution in [0.1, 0.15) is 16.7 Å². The summed E-state index contributed by atoms with van der Waals surface area (Å²) >= 11 is 4.77. The highest BCUT2D eigenvalue weighted by molar-refractivity contribution is 9.09. The van der Waals surface area contributed by atoms with E-state index in [-0.39, 0.29) is 0 Å². The highest BCUT2D eigenvalue weighted by atomic mass is 79.9. The highest BCUT2D eigenvalue weighted by Gasteiger charge is 2.30. The van der Waals surface area contributed by atoms with Crippen molar-refractivity contribution in [2.24, 2.45) is 0 Å². The molecule has 0 aliphatic carbocycles. The maximum Gasteiger partial charge on any atom is 0.401 e. The average molecular weight is 330 g/mol. The van der Waals surface area contributed by atoms with Gasteiger partial charge in [0.2, 0.25) is 0 Å². The molecular formula is C11H15BrF3NS. The molecule has 1 aromatic heterocycles. The minimum Gasteiger partial charge on any atom is -0.289 e. The van der Waals surface area contributed by atoms with Gasteiger partial charge in [-0.05, 0) is 18.6 Å². The molecule has 0 bridgehead atoms. The third-order valence-corrected chi connectivity index (χ3v) is 3.82. The summed E-state index contributed by atoms with van der Waals surface area (Å²) in [5.41, 5.74) is 0. The molecule has 0 saturated heterocycles. The molecule has 0 aliphatic heterocycles. The van der Waals surface area contributed by atoms with Crippen LogP contribution in [0.5, 0.6) is 0 Å². The third kappa shape index (κ3) is 5.88. The molecule has 0 unspecified atom stereocenters. The van der Waals surface area contributed by atoms with Crippen LogP contribution in [-0.4, -0.2) is 29.5 Å². The van der Waals surface area contributed by atoms with Gasteiger partial charge in [-0.15, -0.1) is 11.3 Å². The highest BCUT2D eigenvalue weighted by Crippen LogP contribution is 2.22. The van der Waals surface area contributed by atoms with E-state index < -0.39 is 12.7 Å². The summed E-state index contributed by atoms with van der Waals surface area (Å²) in [5, 5.41) is 0.551. The second-order valence-corrected chi connectivity index (χ2v) is 5.78. The lowest BCUT2D eigenvalue weighted by Gasteiger charge is -2.21. The molecule has 17 heavy (non-hydrogen) atoms. The Hall–Kier alpha value is -0.0700. The van der Waals surface area contributed by atoms with E-state index in [0.29, 0.717) is 18.4 Å². The van der Waals surface area contributed by atoms with Gasteiger partial charge >= 0.3 is 6.18 Å². The Labute approximate surface area is 112 Å². The van der Waals surface area contributed by atoms with E-state index >= 15 is 0 Å². The Morgan fingerprint density at radius 3 is 2.41 bits per heavy atom. The predicted octanol–water partition coefficient (Wildman–Crippen LogP) is 4.07. The van der Waals surface area contributed by atoms with Gasteiger partial charge in [-0.1, -0.05) is 22.9 Å². The molecule has 1 rings (SSSR count). The molecule has 6 heteroatoms. The summed E-state index contributed by atoms with van der Waals surface area (Å²) in [6.07, 6.45) is -3.20. The number of nitrogens with zero attached hydrogens (tertiary/aromatic N) is 1. The van der Waals surface area contributed by atoms with Crippen LogP contribution in [0.3, 0.4) is 0 Å². The average Bonchev–Trinajstić information content (AvgIpc) is 2.63. The maximum absolute atomic E-state index is 12.3. The summed E-state index contributed by atoms with van der Waals surface area (Å²) in [4.78, 5) is 3.62. The summed E-state index contributed by atoms with van der Waals surface area (Å²) in [6.45, 7) is 1.97. The molecule has 0 N–H and O–H groups in total. The van der Waals surface area contributed by atoms with Crippen molar-refractivity contribution in [1.29, 1.82) is 0 Å². The second kappa shape index (κ2) is 6.75. The molecule has 1 heterocycles. The molecule has 98 valence electrons. The fourth-order valence-corrected chi connectivity index (χ4v) is 3.01. The zero-order valence-electron chi connectivity index (χ0n) is 9.56. The first-order valence-electron chi connectivity index (χ1n) is 5.37. The lowest BCUT2D eigenvalue weighted by atomic mass is 10.3. The van der Waals surface area contributed by atoms with Gasteiger partial charge < -0.3 is 0 Å². The summed E-state index contributed by atoms with van der Waals surface area (Å²) < 4.78 is 37.0. The van der Waals surface area contributed by atoms with Gasteiger partial charge in [0.1, 0.15) is 0 Å². The van der Waals surface area contributed by atoms with Crippen LogP contribution in [0.15, 0.2) is 12.1 Å². The molecule has 0 amide bonds. The topological polar surface area (TPSA) is 3.24 Å². The molecule has 0 saturated carbocycles. The molecule has 0 aliphatic rings. The van der Waals surface area contributed by atoms with Gasteiger partial charge in [0.05, 0.1) is 6.54 Å². The van der Waals surface area contributed by atoms with Gasteiger partial charge in [-0.3, -0.25) is 4.90 Å². The number of hydrogen-bond donors (Lipinski definition) is 0. The Bertz CT molecular complexity index is 338. The first-order chi connectivity index (χ1) is 7.94. The van der Waals surface area contributed by atoms with Crippen LogP contribution in [0.2, 0.25) is 0 Å². The fourth-order valence-electron chi connectivity index (χ4n) is 1.50. The number of rotatable bonds is 6. The number of aryl methyl sites for hydroxylation is 1. The zero-order chi connectivity index (χ0) is 12.9. The summed E-state index contributed by atoms with van der Waals surface area (Å²) in [7, 11) is 0. The molecule has 1 nitrogen and oxygen atoms in total. The molecule has 0 spiro atoms. The fraction of sp³-hybridized carbons (Fsp3) is 0.636. The molecular weight excluding hydrogens is 315 g/mol. The molecule has 0 radical (unpaired) electrons. The lowest BCUT2D eigenvalue weighted by Crippen LogP contribution is -2.34. The Morgan fingerprint density at radius 2 is 1.94 bits per heavy atom. The zero-order valence-corrected chi connectivity index (χ0v) is 12.0. The largest absolute Gasteiger partial charge is 0.401 e. The van der Waals surface area contributed by atoms with E-state index in [2.05, 4.69) is 15.9 Å². The second-order valence-electron chi connectivity index (χ2n) is 3.74. The van der Waals surface area contributed by atoms with Crippen LogP contribution in [0.25, 0.3) is 0 Å². The number of halogens is 4. The van der Waals surface area contributed by atoms with Gasteiger partial charge in [0, 0.05) is 28.2 Å². The van der Waals surface area contributed by atoms with Crippen molar-refractivity contribution in [1.82, 2.24) is 4.90 Å². The first kappa shape index (κ1) is 15.0.